The maximum Gasteiger partial charge on any atom is 0.264 e. The molecule has 0 aliphatic heterocycles. The smallest absolute Gasteiger partial charge is 0.264 e. The summed E-state index contributed by atoms with van der Waals surface area (Å²) < 4.78 is 53.8. The van der Waals surface area contributed by atoms with Gasteiger partial charge < -0.3 is 19.7 Å². The van der Waals surface area contributed by atoms with Crippen LogP contribution in [0.1, 0.15) is 51.0 Å². The van der Waals surface area contributed by atoms with E-state index in [1.807, 2.05) is 0 Å². The number of rotatable bonds is 13. The molecule has 2 amide bonds. The van der Waals surface area contributed by atoms with Crippen LogP contribution in [-0.2, 0) is 26.2 Å². The first-order valence-corrected chi connectivity index (χ1v) is 17.2. The summed E-state index contributed by atoms with van der Waals surface area (Å²) in [5.41, 5.74) is 0.577. The van der Waals surface area contributed by atoms with Crippen LogP contribution in [-0.4, -0.2) is 58.0 Å². The molecule has 0 heterocycles. The fourth-order valence-corrected chi connectivity index (χ4v) is 7.44. The van der Waals surface area contributed by atoms with Gasteiger partial charge in [0.2, 0.25) is 11.8 Å². The number of methoxy groups -OCH3 is 2. The van der Waals surface area contributed by atoms with E-state index in [0.29, 0.717) is 21.4 Å². The Kier molecular flexibility index (Phi) is 12.2. The molecular weight excluding hydrogens is 656 g/mol. The maximum atomic E-state index is 14.3. The van der Waals surface area contributed by atoms with E-state index < -0.39 is 34.3 Å². The van der Waals surface area contributed by atoms with Gasteiger partial charge in [0.05, 0.1) is 24.8 Å². The number of hydrogen-bond acceptors (Lipinski definition) is 6. The van der Waals surface area contributed by atoms with Crippen LogP contribution in [0.5, 0.6) is 11.5 Å². The molecule has 248 valence electrons. The number of benzene rings is 3. The minimum absolute atomic E-state index is 0.00693. The molecule has 4 rings (SSSR count). The lowest BCUT2D eigenvalue weighted by Gasteiger charge is -2.34. The number of ether oxygens (including phenoxy) is 2. The molecule has 0 unspecified atom stereocenters. The molecule has 13 heteroatoms. The molecule has 1 atom stereocenters. The zero-order valence-electron chi connectivity index (χ0n) is 26.0. The van der Waals surface area contributed by atoms with E-state index in [1.165, 1.54) is 55.5 Å². The molecule has 0 saturated heterocycles. The molecule has 46 heavy (non-hydrogen) atoms. The monoisotopic (exact) mass is 693 g/mol. The summed E-state index contributed by atoms with van der Waals surface area (Å²) in [6.45, 7) is 1.01. The molecule has 0 aromatic heterocycles. The second kappa shape index (κ2) is 15.8. The molecule has 9 nitrogen and oxygen atoms in total. The Morgan fingerprint density at radius 3 is 2.24 bits per heavy atom. The molecule has 3 aromatic rings. The first-order valence-electron chi connectivity index (χ1n) is 15.0. The quantitative estimate of drug-likeness (QED) is 0.216. The highest BCUT2D eigenvalue weighted by Crippen LogP contribution is 2.33. The summed E-state index contributed by atoms with van der Waals surface area (Å²) in [6, 6.07) is 12.7. The predicted octanol–water partition coefficient (Wildman–Crippen LogP) is 6.60. The zero-order valence-corrected chi connectivity index (χ0v) is 28.3. The van der Waals surface area contributed by atoms with Crippen LogP contribution < -0.4 is 19.1 Å². The van der Waals surface area contributed by atoms with Crippen molar-refractivity contribution in [3.8, 4) is 11.5 Å². The van der Waals surface area contributed by atoms with Gasteiger partial charge in [-0.1, -0.05) is 55.5 Å². The Morgan fingerprint density at radius 1 is 0.957 bits per heavy atom. The van der Waals surface area contributed by atoms with Crippen LogP contribution >= 0.6 is 23.2 Å². The zero-order chi connectivity index (χ0) is 33.4. The van der Waals surface area contributed by atoms with Crippen LogP contribution in [0.3, 0.4) is 0 Å². The molecule has 0 radical (unpaired) electrons. The number of carbonyl (C=O) groups excluding carboxylic acids is 2. The van der Waals surface area contributed by atoms with Gasteiger partial charge in [0.25, 0.3) is 10.0 Å². The van der Waals surface area contributed by atoms with E-state index in [4.69, 9.17) is 32.7 Å². The van der Waals surface area contributed by atoms with Crippen LogP contribution in [0.25, 0.3) is 0 Å². The average Bonchev–Trinajstić information content (AvgIpc) is 3.04. The normalized spacial score (nSPS) is 14.3. The lowest BCUT2D eigenvalue weighted by molar-refractivity contribution is -0.140. The second-order valence-corrected chi connectivity index (χ2v) is 13.7. The van der Waals surface area contributed by atoms with Crippen molar-refractivity contribution in [1.29, 1.82) is 0 Å². The second-order valence-electron chi connectivity index (χ2n) is 11.0. The van der Waals surface area contributed by atoms with Gasteiger partial charge in [-0.3, -0.25) is 13.9 Å². The van der Waals surface area contributed by atoms with E-state index >= 15 is 0 Å². The SMILES string of the molecule is CC[C@H](C(=O)NC1CCCCC1)N(Cc1ccc(Cl)cc1Cl)C(=O)CN(c1ccc(F)cc1)S(=O)(=O)c1ccc(OC)c(OC)c1. The molecule has 1 aliphatic rings. The summed E-state index contributed by atoms with van der Waals surface area (Å²) in [4.78, 5) is 29.2. The molecule has 1 aliphatic carbocycles. The Labute approximate surface area is 279 Å². The molecule has 1 N–H and O–H groups in total. The van der Waals surface area contributed by atoms with Crippen LogP contribution in [0.2, 0.25) is 10.0 Å². The van der Waals surface area contributed by atoms with Crippen molar-refractivity contribution in [3.05, 3.63) is 82.1 Å². The summed E-state index contributed by atoms with van der Waals surface area (Å²) in [6.07, 6.45) is 5.07. The standard InChI is InChI=1S/C33H38Cl2FN3O6S/c1-4-29(33(41)37-25-8-6-5-7-9-25)38(20-22-10-11-23(34)18-28(22)35)32(40)21-39(26-14-12-24(36)13-15-26)46(42,43)27-16-17-30(44-2)31(19-27)45-3/h10-19,25,29H,4-9,20-21H2,1-3H3,(H,37,41)/t29-/m1/s1. The number of hydrogen-bond donors (Lipinski definition) is 1. The number of sulfonamides is 1. The summed E-state index contributed by atoms with van der Waals surface area (Å²) >= 11 is 12.6. The summed E-state index contributed by atoms with van der Waals surface area (Å²) in [7, 11) is -1.64. The van der Waals surface area contributed by atoms with Gasteiger partial charge in [-0.2, -0.15) is 0 Å². The fourth-order valence-electron chi connectivity index (χ4n) is 5.54. The third-order valence-corrected chi connectivity index (χ3v) is 10.4. The van der Waals surface area contributed by atoms with Crippen molar-refractivity contribution in [2.45, 2.75) is 69.0 Å². The van der Waals surface area contributed by atoms with E-state index in [-0.39, 0.29) is 41.2 Å². The highest BCUT2D eigenvalue weighted by atomic mass is 35.5. The predicted molar refractivity (Wildman–Crippen MR) is 177 cm³/mol. The number of nitrogens with zero attached hydrogens (tertiary/aromatic N) is 2. The highest BCUT2D eigenvalue weighted by molar-refractivity contribution is 7.92. The van der Waals surface area contributed by atoms with E-state index in [2.05, 4.69) is 5.32 Å². The van der Waals surface area contributed by atoms with E-state index in [1.54, 1.807) is 19.1 Å². The summed E-state index contributed by atoms with van der Waals surface area (Å²) in [5.74, 6) is -1.10. The van der Waals surface area contributed by atoms with Crippen LogP contribution in [0.4, 0.5) is 10.1 Å². The van der Waals surface area contributed by atoms with Gasteiger partial charge in [-0.25, -0.2) is 12.8 Å². The maximum absolute atomic E-state index is 14.3. The topological polar surface area (TPSA) is 105 Å². The molecule has 0 bridgehead atoms. The number of nitrogens with one attached hydrogen (secondary N) is 1. The number of amides is 2. The van der Waals surface area contributed by atoms with Crippen LogP contribution in [0.15, 0.2) is 65.6 Å². The number of anilines is 1. The van der Waals surface area contributed by atoms with Gasteiger partial charge >= 0.3 is 0 Å². The van der Waals surface area contributed by atoms with Crippen molar-refractivity contribution in [3.63, 3.8) is 0 Å². The average molecular weight is 695 g/mol. The van der Waals surface area contributed by atoms with Crippen molar-refractivity contribution in [2.75, 3.05) is 25.1 Å². The van der Waals surface area contributed by atoms with Gasteiger partial charge in [0, 0.05) is 28.7 Å². The third-order valence-electron chi connectivity index (χ3n) is 8.03. The van der Waals surface area contributed by atoms with Gasteiger partial charge in [0.1, 0.15) is 18.4 Å². The van der Waals surface area contributed by atoms with Crippen molar-refractivity contribution >= 4 is 50.7 Å². The summed E-state index contributed by atoms with van der Waals surface area (Å²) in [5, 5.41) is 3.79. The van der Waals surface area contributed by atoms with Crippen molar-refractivity contribution < 1.29 is 31.9 Å². The third kappa shape index (κ3) is 8.43. The number of carbonyl (C=O) groups is 2. The minimum Gasteiger partial charge on any atom is -0.493 e. The van der Waals surface area contributed by atoms with Gasteiger partial charge in [0.15, 0.2) is 11.5 Å². The van der Waals surface area contributed by atoms with Crippen molar-refractivity contribution in [2.24, 2.45) is 0 Å². The van der Waals surface area contributed by atoms with E-state index in [9.17, 15) is 22.4 Å². The first kappa shape index (κ1) is 35.3. The molecule has 3 aromatic carbocycles. The number of halogens is 3. The Hall–Kier alpha value is -3.54. The highest BCUT2D eigenvalue weighted by Gasteiger charge is 2.35. The first-order chi connectivity index (χ1) is 22.0. The van der Waals surface area contributed by atoms with Crippen LogP contribution in [0, 0.1) is 5.82 Å². The Bertz CT molecular complexity index is 1630. The Morgan fingerprint density at radius 2 is 1.63 bits per heavy atom. The van der Waals surface area contributed by atoms with Gasteiger partial charge in [-0.05, 0) is 73.4 Å². The Balaban J connectivity index is 1.75. The molecular formula is C33H38Cl2FN3O6S. The lowest BCUT2D eigenvalue weighted by atomic mass is 9.95. The lowest BCUT2D eigenvalue weighted by Crippen LogP contribution is -2.54. The molecule has 0 spiro atoms. The molecule has 1 fully saturated rings. The van der Waals surface area contributed by atoms with Gasteiger partial charge in [-0.15, -0.1) is 0 Å². The van der Waals surface area contributed by atoms with Crippen molar-refractivity contribution in [1.82, 2.24) is 10.2 Å². The fraction of sp³-hybridized carbons (Fsp3) is 0.394. The van der Waals surface area contributed by atoms with E-state index in [0.717, 1.165) is 48.5 Å². The minimum atomic E-state index is -4.43. The largest absolute Gasteiger partial charge is 0.493 e. The molecule has 1 saturated carbocycles.